The Kier molecular flexibility index (Phi) is 5.09. The topological polar surface area (TPSA) is 77.0 Å². The summed E-state index contributed by atoms with van der Waals surface area (Å²) >= 11 is 4.52. The minimum Gasteiger partial charge on any atom is -0.497 e. The van der Waals surface area contributed by atoms with Crippen molar-refractivity contribution in [1.82, 2.24) is 15.2 Å². The number of nitrogens with one attached hydrogen (secondary N) is 1. The third-order valence-corrected chi connectivity index (χ3v) is 5.81. The molecule has 0 fully saturated rings. The average Bonchev–Trinajstić information content (AvgIpc) is 3.11. The molecule has 6 nitrogen and oxygen atoms in total. The lowest BCUT2D eigenvalue weighted by Crippen LogP contribution is -2.11. The van der Waals surface area contributed by atoms with Gasteiger partial charge in [0.15, 0.2) is 9.47 Å². The van der Waals surface area contributed by atoms with Crippen molar-refractivity contribution in [2.45, 2.75) is 17.7 Å². The van der Waals surface area contributed by atoms with E-state index in [2.05, 4.69) is 20.5 Å². The second kappa shape index (κ2) is 7.24. The lowest BCUT2D eigenvalue weighted by molar-refractivity contribution is -0.115. The average molecular weight is 366 g/mol. The number of nitrogens with zero attached hydrogens (tertiary/aromatic N) is 3. The Morgan fingerprint density at radius 3 is 2.96 bits per heavy atom. The Hall–Kier alpha value is -1.71. The first kappa shape index (κ1) is 16.2. The summed E-state index contributed by atoms with van der Waals surface area (Å²) in [5.41, 5.74) is 0.852. The summed E-state index contributed by atoms with van der Waals surface area (Å²) in [7, 11) is 1.63. The molecule has 0 atom stereocenters. The fourth-order valence-corrected chi connectivity index (χ4v) is 4.57. The van der Waals surface area contributed by atoms with Crippen LogP contribution in [0.2, 0.25) is 0 Å². The van der Waals surface area contributed by atoms with Gasteiger partial charge in [-0.25, -0.2) is 4.98 Å². The molecule has 3 aromatic rings. The highest BCUT2D eigenvalue weighted by molar-refractivity contribution is 8.01. The number of hydrogen-bond donors (Lipinski definition) is 1. The van der Waals surface area contributed by atoms with Crippen molar-refractivity contribution in [3.8, 4) is 5.75 Å². The van der Waals surface area contributed by atoms with Gasteiger partial charge in [0.1, 0.15) is 10.8 Å². The molecule has 120 valence electrons. The number of benzene rings is 1. The molecule has 0 aliphatic carbocycles. The van der Waals surface area contributed by atoms with Gasteiger partial charge in [0.25, 0.3) is 0 Å². The zero-order chi connectivity index (χ0) is 16.2. The molecule has 1 N–H and O–H groups in total. The van der Waals surface area contributed by atoms with Crippen LogP contribution in [0.3, 0.4) is 0 Å². The Balaban J connectivity index is 1.55. The van der Waals surface area contributed by atoms with Gasteiger partial charge in [-0.3, -0.25) is 4.79 Å². The van der Waals surface area contributed by atoms with Gasteiger partial charge in [-0.05, 0) is 25.1 Å². The van der Waals surface area contributed by atoms with Crippen LogP contribution in [-0.2, 0) is 4.79 Å². The zero-order valence-corrected chi connectivity index (χ0v) is 15.0. The summed E-state index contributed by atoms with van der Waals surface area (Å²) in [6, 6.07) is 5.65. The Morgan fingerprint density at radius 2 is 2.22 bits per heavy atom. The molecule has 9 heteroatoms. The second-order valence-corrected chi connectivity index (χ2v) is 8.14. The Labute approximate surface area is 145 Å². The van der Waals surface area contributed by atoms with Crippen LogP contribution in [0, 0.1) is 6.92 Å². The minimum atomic E-state index is -0.0511. The number of carbonyl (C=O) groups excluding carboxylic acids is 1. The fourth-order valence-electron chi connectivity index (χ4n) is 1.83. The largest absolute Gasteiger partial charge is 0.497 e. The van der Waals surface area contributed by atoms with Crippen molar-refractivity contribution in [2.24, 2.45) is 0 Å². The van der Waals surface area contributed by atoms with Gasteiger partial charge in [0.2, 0.25) is 5.91 Å². The number of methoxy groups -OCH3 is 1. The molecule has 0 radical (unpaired) electrons. The van der Waals surface area contributed by atoms with Crippen molar-refractivity contribution < 1.29 is 9.53 Å². The van der Waals surface area contributed by atoms with E-state index in [0.717, 1.165) is 25.3 Å². The van der Waals surface area contributed by atoms with E-state index in [9.17, 15) is 4.79 Å². The summed E-state index contributed by atoms with van der Waals surface area (Å²) in [5.74, 6) is 1.40. The molecule has 2 aromatic heterocycles. The maximum atomic E-state index is 12.0. The third kappa shape index (κ3) is 4.18. The number of anilines is 1. The molecule has 0 bridgehead atoms. The first-order chi connectivity index (χ1) is 11.1. The quantitative estimate of drug-likeness (QED) is 0.672. The molecule has 2 heterocycles. The molecule has 0 aliphatic rings. The van der Waals surface area contributed by atoms with Gasteiger partial charge in [-0.1, -0.05) is 34.4 Å². The molecule has 0 aliphatic heterocycles. The van der Waals surface area contributed by atoms with Crippen molar-refractivity contribution in [1.29, 1.82) is 0 Å². The van der Waals surface area contributed by atoms with Crippen LogP contribution in [0.25, 0.3) is 10.2 Å². The Bertz CT molecular complexity index is 830. The lowest BCUT2D eigenvalue weighted by Gasteiger charge is -1.99. The maximum absolute atomic E-state index is 12.0. The zero-order valence-electron chi connectivity index (χ0n) is 12.5. The number of carbonyl (C=O) groups is 1. The summed E-state index contributed by atoms with van der Waals surface area (Å²) in [6.07, 6.45) is 0.405. The van der Waals surface area contributed by atoms with Gasteiger partial charge in [0.05, 0.1) is 17.3 Å². The number of rotatable bonds is 6. The summed E-state index contributed by atoms with van der Waals surface area (Å²) in [4.78, 5) is 16.4. The van der Waals surface area contributed by atoms with Crippen LogP contribution >= 0.6 is 34.4 Å². The Morgan fingerprint density at radius 1 is 1.35 bits per heavy atom. The van der Waals surface area contributed by atoms with Gasteiger partial charge >= 0.3 is 0 Å². The fraction of sp³-hybridized carbons (Fsp3) is 0.286. The van der Waals surface area contributed by atoms with Crippen LogP contribution in [0.4, 0.5) is 5.13 Å². The number of thiazole rings is 1. The van der Waals surface area contributed by atoms with Crippen molar-refractivity contribution >= 4 is 55.7 Å². The standard InChI is InChI=1S/C14H14N4O2S3/c1-8-17-18-14(22-8)21-6-5-12(19)16-13-15-10-4-3-9(20-2)7-11(10)23-13/h3-4,7H,5-6H2,1-2H3,(H,15,16,19). The van der Waals surface area contributed by atoms with Crippen molar-refractivity contribution in [2.75, 3.05) is 18.2 Å². The smallest absolute Gasteiger partial charge is 0.226 e. The van der Waals surface area contributed by atoms with E-state index in [1.807, 2.05) is 25.1 Å². The maximum Gasteiger partial charge on any atom is 0.226 e. The molecule has 1 amide bonds. The monoisotopic (exact) mass is 366 g/mol. The van der Waals surface area contributed by atoms with Gasteiger partial charge < -0.3 is 10.1 Å². The number of hydrogen-bond acceptors (Lipinski definition) is 8. The normalized spacial score (nSPS) is 10.9. The molecule has 23 heavy (non-hydrogen) atoms. The molecule has 0 saturated carbocycles. The number of thioether (sulfide) groups is 1. The number of amides is 1. The van der Waals surface area contributed by atoms with E-state index in [1.54, 1.807) is 18.9 Å². The minimum absolute atomic E-state index is 0.0511. The van der Waals surface area contributed by atoms with E-state index in [0.29, 0.717) is 17.3 Å². The highest BCUT2D eigenvalue weighted by Crippen LogP contribution is 2.29. The molecule has 0 saturated heterocycles. The van der Waals surface area contributed by atoms with Crippen molar-refractivity contribution in [3.63, 3.8) is 0 Å². The number of aryl methyl sites for hydroxylation is 1. The first-order valence-corrected chi connectivity index (χ1v) is 9.43. The van der Waals surface area contributed by atoms with E-state index in [-0.39, 0.29) is 5.91 Å². The van der Waals surface area contributed by atoms with Crippen LogP contribution in [0.15, 0.2) is 22.5 Å². The second-order valence-electron chi connectivity index (χ2n) is 4.59. The third-order valence-electron chi connectivity index (χ3n) is 2.90. The summed E-state index contributed by atoms with van der Waals surface area (Å²) < 4.78 is 7.06. The van der Waals surface area contributed by atoms with Gasteiger partial charge in [-0.15, -0.1) is 10.2 Å². The number of fused-ring (bicyclic) bond motifs is 1. The van der Waals surface area contributed by atoms with Gasteiger partial charge in [0, 0.05) is 12.2 Å². The highest BCUT2D eigenvalue weighted by Gasteiger charge is 2.09. The van der Waals surface area contributed by atoms with E-state index in [4.69, 9.17) is 4.74 Å². The van der Waals surface area contributed by atoms with E-state index < -0.39 is 0 Å². The van der Waals surface area contributed by atoms with Crippen LogP contribution < -0.4 is 10.1 Å². The van der Waals surface area contributed by atoms with Crippen molar-refractivity contribution in [3.05, 3.63) is 23.2 Å². The molecular formula is C14H14N4O2S3. The predicted molar refractivity (Wildman–Crippen MR) is 94.8 cm³/mol. The predicted octanol–water partition coefficient (Wildman–Crippen LogP) is 3.59. The van der Waals surface area contributed by atoms with Gasteiger partial charge in [-0.2, -0.15) is 0 Å². The molecular weight excluding hydrogens is 352 g/mol. The molecule has 3 rings (SSSR count). The molecule has 1 aromatic carbocycles. The highest BCUT2D eigenvalue weighted by atomic mass is 32.2. The van der Waals surface area contributed by atoms with Crippen LogP contribution in [0.5, 0.6) is 5.75 Å². The number of aromatic nitrogens is 3. The summed E-state index contributed by atoms with van der Waals surface area (Å²) in [6.45, 7) is 1.91. The number of ether oxygens (including phenoxy) is 1. The SMILES string of the molecule is COc1ccc2nc(NC(=O)CCSc3nnc(C)s3)sc2c1. The van der Waals surface area contributed by atoms with E-state index in [1.165, 1.54) is 22.7 Å². The van der Waals surface area contributed by atoms with Crippen LogP contribution in [0.1, 0.15) is 11.4 Å². The molecule has 0 spiro atoms. The lowest BCUT2D eigenvalue weighted by atomic mass is 10.3. The molecule has 0 unspecified atom stereocenters. The van der Waals surface area contributed by atoms with E-state index >= 15 is 0 Å². The van der Waals surface area contributed by atoms with Crippen LogP contribution in [-0.4, -0.2) is 34.0 Å². The first-order valence-electron chi connectivity index (χ1n) is 6.81. The summed E-state index contributed by atoms with van der Waals surface area (Å²) in [5, 5.41) is 12.3.